The first-order valence-electron chi connectivity index (χ1n) is 15.7. The Labute approximate surface area is 262 Å². The topological polar surface area (TPSA) is 88.6 Å². The van der Waals surface area contributed by atoms with E-state index in [4.69, 9.17) is 14.2 Å². The van der Waals surface area contributed by atoms with Crippen molar-refractivity contribution in [1.82, 2.24) is 9.80 Å². The number of amides is 2. The number of hydrogen-bond acceptors (Lipinski definition) is 7. The maximum absolute atomic E-state index is 13.5. The number of nitrogens with zero attached hydrogens (tertiary/aromatic N) is 3. The highest BCUT2D eigenvalue weighted by Gasteiger charge is 2.32. The van der Waals surface area contributed by atoms with Gasteiger partial charge in [-0.3, -0.25) is 14.5 Å². The van der Waals surface area contributed by atoms with Crippen LogP contribution in [0.1, 0.15) is 70.1 Å². The third-order valence-electron chi connectivity index (χ3n) is 8.58. The van der Waals surface area contributed by atoms with Crippen LogP contribution in [0.5, 0.6) is 5.75 Å². The quantitative estimate of drug-likeness (QED) is 0.353. The summed E-state index contributed by atoms with van der Waals surface area (Å²) in [7, 11) is 3.25. The lowest BCUT2D eigenvalue weighted by atomic mass is 9.86. The second-order valence-electron chi connectivity index (χ2n) is 13.3. The first kappa shape index (κ1) is 33.3. The van der Waals surface area contributed by atoms with E-state index >= 15 is 0 Å². The Bertz CT molecular complexity index is 1310. The highest BCUT2D eigenvalue weighted by molar-refractivity contribution is 5.94. The van der Waals surface area contributed by atoms with E-state index in [2.05, 4.69) is 30.9 Å². The van der Waals surface area contributed by atoms with Crippen molar-refractivity contribution in [1.29, 1.82) is 0 Å². The van der Waals surface area contributed by atoms with Gasteiger partial charge in [0.2, 0.25) is 5.91 Å². The van der Waals surface area contributed by atoms with Crippen molar-refractivity contribution in [2.75, 3.05) is 38.7 Å². The van der Waals surface area contributed by atoms with Crippen molar-refractivity contribution in [3.05, 3.63) is 59.2 Å². The molecular formula is C35H49N3O6. The number of esters is 1. The molecule has 0 aromatic heterocycles. The fourth-order valence-electron chi connectivity index (χ4n) is 6.06. The predicted octanol–water partition coefficient (Wildman–Crippen LogP) is 5.75. The van der Waals surface area contributed by atoms with Gasteiger partial charge >= 0.3 is 12.1 Å². The Morgan fingerprint density at radius 2 is 1.73 bits per heavy atom. The molecule has 2 aromatic carbocycles. The first-order valence-corrected chi connectivity index (χ1v) is 15.7. The molecule has 0 spiro atoms. The molecule has 9 nitrogen and oxygen atoms in total. The number of hydrogen-bond donors (Lipinski definition) is 0. The lowest BCUT2D eigenvalue weighted by Gasteiger charge is -2.40. The maximum atomic E-state index is 13.5. The summed E-state index contributed by atoms with van der Waals surface area (Å²) in [5.74, 6) is 0.573. The van der Waals surface area contributed by atoms with Crippen LogP contribution < -0.4 is 9.64 Å². The van der Waals surface area contributed by atoms with Crippen molar-refractivity contribution in [2.24, 2.45) is 5.92 Å². The molecule has 0 radical (unpaired) electrons. The number of aryl methyl sites for hydroxylation is 1. The Morgan fingerprint density at radius 1 is 1.00 bits per heavy atom. The van der Waals surface area contributed by atoms with Gasteiger partial charge in [0.15, 0.2) is 0 Å². The molecule has 1 heterocycles. The fourth-order valence-corrected chi connectivity index (χ4v) is 6.06. The van der Waals surface area contributed by atoms with Gasteiger partial charge in [-0.1, -0.05) is 18.2 Å². The summed E-state index contributed by atoms with van der Waals surface area (Å²) in [6.45, 7) is 12.8. The van der Waals surface area contributed by atoms with Crippen molar-refractivity contribution >= 4 is 23.7 Å². The third kappa shape index (κ3) is 8.97. The van der Waals surface area contributed by atoms with Crippen LogP contribution in [-0.2, 0) is 32.0 Å². The van der Waals surface area contributed by atoms with E-state index in [-0.39, 0.29) is 42.5 Å². The number of carbonyl (C=O) groups is 3. The largest absolute Gasteiger partial charge is 0.490 e. The molecule has 1 aliphatic carbocycles. The average molecular weight is 608 g/mol. The zero-order valence-electron chi connectivity index (χ0n) is 27.4. The molecule has 2 amide bonds. The van der Waals surface area contributed by atoms with Crippen molar-refractivity contribution in [3.63, 3.8) is 0 Å². The summed E-state index contributed by atoms with van der Waals surface area (Å²) < 4.78 is 16.6. The minimum absolute atomic E-state index is 0.0340. The van der Waals surface area contributed by atoms with Gasteiger partial charge < -0.3 is 24.0 Å². The molecule has 2 aromatic rings. The number of benzene rings is 2. The second-order valence-corrected chi connectivity index (χ2v) is 13.3. The van der Waals surface area contributed by atoms with Crippen LogP contribution in [0.25, 0.3) is 0 Å². The number of ether oxygens (including phenoxy) is 3. The minimum Gasteiger partial charge on any atom is -0.490 e. The van der Waals surface area contributed by atoms with E-state index in [9.17, 15) is 14.4 Å². The summed E-state index contributed by atoms with van der Waals surface area (Å²) in [6, 6.07) is 13.9. The van der Waals surface area contributed by atoms with Crippen LogP contribution in [0.4, 0.5) is 10.5 Å². The number of piperazine rings is 1. The van der Waals surface area contributed by atoms with E-state index in [1.54, 1.807) is 4.90 Å². The smallest absolute Gasteiger partial charge is 0.410 e. The van der Waals surface area contributed by atoms with Crippen LogP contribution in [0.3, 0.4) is 0 Å². The van der Waals surface area contributed by atoms with E-state index in [0.29, 0.717) is 6.54 Å². The van der Waals surface area contributed by atoms with E-state index < -0.39 is 5.60 Å². The van der Waals surface area contributed by atoms with Gasteiger partial charge in [-0.15, -0.1) is 0 Å². The second kappa shape index (κ2) is 14.5. The van der Waals surface area contributed by atoms with Gasteiger partial charge in [-0.05, 0) is 101 Å². The van der Waals surface area contributed by atoms with Crippen LogP contribution in [0.2, 0.25) is 0 Å². The van der Waals surface area contributed by atoms with Crippen molar-refractivity contribution in [2.45, 2.75) is 91.0 Å². The number of methoxy groups -OCH3 is 1. The number of anilines is 1. The van der Waals surface area contributed by atoms with E-state index in [1.165, 1.54) is 12.7 Å². The molecule has 44 heavy (non-hydrogen) atoms. The Balaban J connectivity index is 1.26. The molecule has 9 heteroatoms. The maximum Gasteiger partial charge on any atom is 0.410 e. The van der Waals surface area contributed by atoms with Gasteiger partial charge in [0, 0.05) is 50.9 Å². The van der Waals surface area contributed by atoms with Crippen LogP contribution in [0, 0.1) is 12.8 Å². The zero-order valence-corrected chi connectivity index (χ0v) is 27.4. The predicted molar refractivity (Wildman–Crippen MR) is 171 cm³/mol. The van der Waals surface area contributed by atoms with Crippen LogP contribution >= 0.6 is 0 Å². The highest BCUT2D eigenvalue weighted by atomic mass is 16.6. The third-order valence-corrected chi connectivity index (χ3v) is 8.58. The van der Waals surface area contributed by atoms with E-state index in [0.717, 1.165) is 67.9 Å². The molecule has 2 fully saturated rings. The lowest BCUT2D eigenvalue weighted by molar-refractivity contribution is -0.139. The zero-order chi connectivity index (χ0) is 32.0. The fraction of sp³-hybridized carbons (Fsp3) is 0.571. The molecule has 1 atom stereocenters. The van der Waals surface area contributed by atoms with E-state index in [1.807, 2.05) is 63.1 Å². The van der Waals surface area contributed by atoms with Gasteiger partial charge in [0.05, 0.1) is 19.6 Å². The molecule has 1 saturated carbocycles. The van der Waals surface area contributed by atoms with Crippen LogP contribution in [0.15, 0.2) is 42.5 Å². The molecule has 0 bridgehead atoms. The molecule has 240 valence electrons. The van der Waals surface area contributed by atoms with Gasteiger partial charge in [-0.2, -0.15) is 0 Å². The van der Waals surface area contributed by atoms with Crippen molar-refractivity contribution in [3.8, 4) is 5.75 Å². The summed E-state index contributed by atoms with van der Waals surface area (Å²) in [5.41, 5.74) is 3.63. The number of rotatable bonds is 8. The summed E-state index contributed by atoms with van der Waals surface area (Å²) in [4.78, 5) is 43.6. The summed E-state index contributed by atoms with van der Waals surface area (Å²) in [5, 5.41) is 0. The molecule has 1 saturated heterocycles. The Hall–Kier alpha value is -3.59. The summed E-state index contributed by atoms with van der Waals surface area (Å²) in [6.07, 6.45) is 3.19. The molecule has 1 aliphatic heterocycles. The highest BCUT2D eigenvalue weighted by Crippen LogP contribution is 2.31. The lowest BCUT2D eigenvalue weighted by Crippen LogP contribution is -2.54. The standard InChI is InChI=1S/C35H49N3O6/c1-24-19-29(14-11-28(24)23-37-17-18-38(25(2)22-37)34(41)44-35(3,4)5)36(6)33(40)27-12-15-30(16-13-27)43-31-10-8-9-26(20-31)21-32(39)42-7/h8-11,14,19-20,25,27,30H,12-13,15-18,21-23H2,1-7H3/t25-,27?,30?/m0/s1. The molecule has 0 unspecified atom stereocenters. The normalized spacial score (nSPS) is 21.0. The molecular weight excluding hydrogens is 558 g/mol. The van der Waals surface area contributed by atoms with Gasteiger partial charge in [0.1, 0.15) is 11.4 Å². The van der Waals surface area contributed by atoms with Crippen molar-refractivity contribution < 1.29 is 28.6 Å². The molecule has 4 rings (SSSR count). The Morgan fingerprint density at radius 3 is 2.36 bits per heavy atom. The minimum atomic E-state index is -0.503. The first-order chi connectivity index (χ1) is 20.8. The Kier molecular flexibility index (Phi) is 10.9. The average Bonchev–Trinajstić information content (AvgIpc) is 2.97. The van der Waals surface area contributed by atoms with Crippen LogP contribution in [-0.4, -0.2) is 79.3 Å². The monoisotopic (exact) mass is 607 g/mol. The van der Waals surface area contributed by atoms with Gasteiger partial charge in [0.25, 0.3) is 0 Å². The van der Waals surface area contributed by atoms with Gasteiger partial charge in [-0.25, -0.2) is 4.79 Å². The SMILES string of the molecule is COC(=O)Cc1cccc(OC2CCC(C(=O)N(C)c3ccc(CN4CCN(C(=O)OC(C)(C)C)[C@@H](C)C4)c(C)c3)CC2)c1. The molecule has 0 N–H and O–H groups in total. The number of carbonyl (C=O) groups excluding carboxylic acids is 3. The molecule has 2 aliphatic rings. The summed E-state index contributed by atoms with van der Waals surface area (Å²) >= 11 is 0.